The predicted molar refractivity (Wildman–Crippen MR) is 107 cm³/mol. The van der Waals surface area contributed by atoms with Crippen LogP contribution in [0.15, 0.2) is 52.6 Å². The van der Waals surface area contributed by atoms with Gasteiger partial charge in [-0.05, 0) is 49.1 Å². The molecule has 8 nitrogen and oxygen atoms in total. The SMILES string of the molecule is CSc1nc(NC(=O)c2ccc(S(C)(=O)=O)cc2C)nc(-c2ccccn2)n1. The Morgan fingerprint density at radius 1 is 1.11 bits per heavy atom. The second-order valence-electron chi connectivity index (χ2n) is 5.89. The van der Waals surface area contributed by atoms with Crippen molar-refractivity contribution in [2.45, 2.75) is 17.0 Å². The maximum atomic E-state index is 12.7. The van der Waals surface area contributed by atoms with Gasteiger partial charge in [-0.15, -0.1) is 0 Å². The van der Waals surface area contributed by atoms with E-state index < -0.39 is 15.7 Å². The van der Waals surface area contributed by atoms with Crippen LogP contribution in [-0.4, -0.2) is 46.8 Å². The molecule has 0 radical (unpaired) electrons. The lowest BCUT2D eigenvalue weighted by molar-refractivity contribution is 0.102. The van der Waals surface area contributed by atoms with Gasteiger partial charge in [0.1, 0.15) is 5.69 Å². The maximum Gasteiger partial charge on any atom is 0.258 e. The Labute approximate surface area is 166 Å². The molecule has 1 amide bonds. The summed E-state index contributed by atoms with van der Waals surface area (Å²) in [6.07, 6.45) is 4.56. The van der Waals surface area contributed by atoms with Crippen molar-refractivity contribution in [2.24, 2.45) is 0 Å². The van der Waals surface area contributed by atoms with Crippen molar-refractivity contribution in [3.63, 3.8) is 0 Å². The van der Waals surface area contributed by atoms with Gasteiger partial charge in [0.2, 0.25) is 5.95 Å². The van der Waals surface area contributed by atoms with Crippen LogP contribution in [0.1, 0.15) is 15.9 Å². The highest BCUT2D eigenvalue weighted by Crippen LogP contribution is 2.20. The monoisotopic (exact) mass is 415 g/mol. The van der Waals surface area contributed by atoms with E-state index in [4.69, 9.17) is 0 Å². The zero-order valence-electron chi connectivity index (χ0n) is 15.4. The average molecular weight is 416 g/mol. The Morgan fingerprint density at radius 2 is 1.89 bits per heavy atom. The highest BCUT2D eigenvalue weighted by molar-refractivity contribution is 7.98. The van der Waals surface area contributed by atoms with Crippen molar-refractivity contribution in [1.29, 1.82) is 0 Å². The van der Waals surface area contributed by atoms with Crippen molar-refractivity contribution in [2.75, 3.05) is 17.8 Å². The molecule has 3 rings (SSSR count). The Balaban J connectivity index is 1.92. The lowest BCUT2D eigenvalue weighted by Crippen LogP contribution is -2.17. The van der Waals surface area contributed by atoms with Gasteiger partial charge >= 0.3 is 0 Å². The van der Waals surface area contributed by atoms with Crippen LogP contribution >= 0.6 is 11.8 Å². The van der Waals surface area contributed by atoms with Gasteiger partial charge in [-0.25, -0.2) is 13.4 Å². The lowest BCUT2D eigenvalue weighted by Gasteiger charge is -2.09. The number of carbonyl (C=O) groups excluding carboxylic acids is 1. The van der Waals surface area contributed by atoms with Gasteiger partial charge in [0.15, 0.2) is 20.8 Å². The number of aromatic nitrogens is 4. The fraction of sp³-hybridized carbons (Fsp3) is 0.167. The fourth-order valence-corrected chi connectivity index (χ4v) is 3.47. The number of nitrogens with one attached hydrogen (secondary N) is 1. The number of carbonyl (C=O) groups is 1. The van der Waals surface area contributed by atoms with Crippen molar-refractivity contribution in [3.05, 3.63) is 53.7 Å². The van der Waals surface area contributed by atoms with Gasteiger partial charge < -0.3 is 0 Å². The molecule has 0 aliphatic carbocycles. The average Bonchev–Trinajstić information content (AvgIpc) is 2.67. The smallest absolute Gasteiger partial charge is 0.258 e. The highest BCUT2D eigenvalue weighted by Gasteiger charge is 2.16. The number of hydrogen-bond donors (Lipinski definition) is 1. The largest absolute Gasteiger partial charge is 0.290 e. The molecule has 144 valence electrons. The van der Waals surface area contributed by atoms with Gasteiger partial charge in [-0.2, -0.15) is 9.97 Å². The molecule has 1 N–H and O–H groups in total. The van der Waals surface area contributed by atoms with Gasteiger partial charge in [0.05, 0.1) is 4.90 Å². The van der Waals surface area contributed by atoms with Crippen LogP contribution in [0.4, 0.5) is 5.95 Å². The van der Waals surface area contributed by atoms with E-state index in [-0.39, 0.29) is 10.8 Å². The molecular weight excluding hydrogens is 398 g/mol. The first-order chi connectivity index (χ1) is 13.3. The van der Waals surface area contributed by atoms with Crippen LogP contribution in [0, 0.1) is 6.92 Å². The molecule has 10 heteroatoms. The molecule has 0 saturated heterocycles. The minimum Gasteiger partial charge on any atom is -0.290 e. The summed E-state index contributed by atoms with van der Waals surface area (Å²) in [4.78, 5) is 29.8. The second kappa shape index (κ2) is 8.03. The molecule has 0 aliphatic rings. The van der Waals surface area contributed by atoms with Gasteiger partial charge in [0.25, 0.3) is 5.91 Å². The number of rotatable bonds is 5. The molecule has 2 heterocycles. The summed E-state index contributed by atoms with van der Waals surface area (Å²) in [5.41, 5.74) is 1.42. The van der Waals surface area contributed by atoms with E-state index in [0.29, 0.717) is 27.8 Å². The zero-order valence-corrected chi connectivity index (χ0v) is 17.0. The summed E-state index contributed by atoms with van der Waals surface area (Å²) < 4.78 is 23.3. The first-order valence-electron chi connectivity index (χ1n) is 8.11. The first-order valence-corrected chi connectivity index (χ1v) is 11.2. The Kier molecular flexibility index (Phi) is 5.71. The second-order valence-corrected chi connectivity index (χ2v) is 8.68. The zero-order chi connectivity index (χ0) is 20.3. The lowest BCUT2D eigenvalue weighted by atomic mass is 10.1. The molecule has 0 fully saturated rings. The topological polar surface area (TPSA) is 115 Å². The first kappa shape index (κ1) is 19.9. The van der Waals surface area contributed by atoms with Crippen LogP contribution in [0.25, 0.3) is 11.5 Å². The Bertz CT molecular complexity index is 1140. The van der Waals surface area contributed by atoms with E-state index in [0.717, 1.165) is 6.26 Å². The van der Waals surface area contributed by atoms with E-state index in [1.54, 1.807) is 25.3 Å². The molecular formula is C18H17N5O3S2. The van der Waals surface area contributed by atoms with Crippen molar-refractivity contribution in [3.8, 4) is 11.5 Å². The van der Waals surface area contributed by atoms with E-state index in [1.165, 1.54) is 30.0 Å². The van der Waals surface area contributed by atoms with E-state index in [9.17, 15) is 13.2 Å². The van der Waals surface area contributed by atoms with Crippen molar-refractivity contribution >= 4 is 33.5 Å². The molecule has 3 aromatic rings. The van der Waals surface area contributed by atoms with E-state index in [1.807, 2.05) is 12.3 Å². The molecule has 0 aliphatic heterocycles. The summed E-state index contributed by atoms with van der Waals surface area (Å²) in [5.74, 6) is -0.00114. The number of nitrogens with zero attached hydrogens (tertiary/aromatic N) is 4. The Morgan fingerprint density at radius 3 is 2.50 bits per heavy atom. The van der Waals surface area contributed by atoms with Crippen LogP contribution in [-0.2, 0) is 9.84 Å². The van der Waals surface area contributed by atoms with Crippen LogP contribution in [0.3, 0.4) is 0 Å². The molecule has 28 heavy (non-hydrogen) atoms. The number of aryl methyl sites for hydroxylation is 1. The van der Waals surface area contributed by atoms with Crippen LogP contribution in [0.5, 0.6) is 0 Å². The molecule has 0 saturated carbocycles. The number of benzene rings is 1. The quantitative estimate of drug-likeness (QED) is 0.633. The van der Waals surface area contributed by atoms with Gasteiger partial charge in [-0.1, -0.05) is 17.8 Å². The number of sulfone groups is 1. The van der Waals surface area contributed by atoms with Crippen molar-refractivity contribution in [1.82, 2.24) is 19.9 Å². The third kappa shape index (κ3) is 4.52. The third-order valence-electron chi connectivity index (χ3n) is 3.79. The third-order valence-corrected chi connectivity index (χ3v) is 5.45. The van der Waals surface area contributed by atoms with Gasteiger partial charge in [-0.3, -0.25) is 15.1 Å². The normalized spacial score (nSPS) is 11.2. The minimum atomic E-state index is -3.35. The highest BCUT2D eigenvalue weighted by atomic mass is 32.2. The summed E-state index contributed by atoms with van der Waals surface area (Å²) >= 11 is 1.31. The van der Waals surface area contributed by atoms with E-state index in [2.05, 4.69) is 25.3 Å². The van der Waals surface area contributed by atoms with Gasteiger partial charge in [0, 0.05) is 18.0 Å². The van der Waals surface area contributed by atoms with Crippen LogP contribution in [0.2, 0.25) is 0 Å². The van der Waals surface area contributed by atoms with E-state index >= 15 is 0 Å². The Hall–Kier alpha value is -2.85. The summed E-state index contributed by atoms with van der Waals surface area (Å²) in [6.45, 7) is 1.67. The molecule has 0 spiro atoms. The number of pyridine rings is 1. The number of amides is 1. The molecule has 2 aromatic heterocycles. The van der Waals surface area contributed by atoms with Crippen LogP contribution < -0.4 is 5.32 Å². The summed E-state index contributed by atoms with van der Waals surface area (Å²) in [7, 11) is -3.35. The molecule has 1 aromatic carbocycles. The minimum absolute atomic E-state index is 0.0941. The molecule has 0 unspecified atom stereocenters. The standard InChI is InChI=1S/C18H17N5O3S2/c1-11-10-12(28(3,25)26)7-8-13(11)16(24)22-17-20-15(21-18(23-17)27-2)14-6-4-5-9-19-14/h4-10H,1-3H3,(H,20,21,22,23,24). The summed E-state index contributed by atoms with van der Waals surface area (Å²) in [6, 6.07) is 9.69. The number of hydrogen-bond acceptors (Lipinski definition) is 8. The van der Waals surface area contributed by atoms with Crippen molar-refractivity contribution < 1.29 is 13.2 Å². The summed E-state index contributed by atoms with van der Waals surface area (Å²) in [5, 5.41) is 3.09. The predicted octanol–water partition coefficient (Wildman–Crippen LogP) is 2.62. The fourth-order valence-electron chi connectivity index (χ4n) is 2.40. The number of thioether (sulfide) groups is 1. The molecule has 0 bridgehead atoms. The number of anilines is 1. The maximum absolute atomic E-state index is 12.7. The molecule has 0 atom stereocenters.